The van der Waals surface area contributed by atoms with E-state index in [2.05, 4.69) is 5.09 Å². The number of hydrogen-bond acceptors (Lipinski definition) is 8. The van der Waals surface area contributed by atoms with E-state index >= 15 is 0 Å². The molecule has 0 saturated carbocycles. The molecule has 3 N–H and O–H groups in total. The third kappa shape index (κ3) is 5.34. The van der Waals surface area contributed by atoms with Crippen LogP contribution in [0.3, 0.4) is 0 Å². The largest absolute Gasteiger partial charge is 0.468 e. The van der Waals surface area contributed by atoms with Gasteiger partial charge in [0.2, 0.25) is 6.29 Å². The molecule has 1 unspecified atom stereocenters. The van der Waals surface area contributed by atoms with Crippen LogP contribution in [0.15, 0.2) is 42.5 Å². The average Bonchev–Trinajstić information content (AvgIpc) is 3.00. The minimum absolute atomic E-state index is 0.0388. The van der Waals surface area contributed by atoms with Gasteiger partial charge in [-0.25, -0.2) is 4.57 Å². The lowest BCUT2D eigenvalue weighted by Gasteiger charge is -2.29. The van der Waals surface area contributed by atoms with Crippen molar-refractivity contribution in [2.45, 2.75) is 44.3 Å². The fourth-order valence-corrected chi connectivity index (χ4v) is 5.09. The number of ether oxygens (including phenoxy) is 2. The van der Waals surface area contributed by atoms with E-state index in [9.17, 15) is 28.4 Å². The fraction of sp³-hybridized carbons (Fsp3) is 0.476. The first-order valence-corrected chi connectivity index (χ1v) is 11.7. The van der Waals surface area contributed by atoms with Crippen molar-refractivity contribution in [3.63, 3.8) is 0 Å². The van der Waals surface area contributed by atoms with Gasteiger partial charge in [0.05, 0.1) is 13.7 Å². The van der Waals surface area contributed by atoms with Crippen LogP contribution in [0, 0.1) is 5.92 Å². The van der Waals surface area contributed by atoms with Crippen LogP contribution in [0.5, 0.6) is 5.75 Å². The van der Waals surface area contributed by atoms with Crippen LogP contribution in [0.25, 0.3) is 10.8 Å². The van der Waals surface area contributed by atoms with Gasteiger partial charge in [0.15, 0.2) is 6.10 Å². The van der Waals surface area contributed by atoms with Gasteiger partial charge >= 0.3 is 19.6 Å². The Morgan fingerprint density at radius 3 is 2.52 bits per heavy atom. The topological polar surface area (TPSA) is 124 Å². The standard InChI is InChI=1S/C21H26F2NO8P/c1-12(2)17(19(27)29-3)24-33(28,32-20-21(22,23)18(26)16(11-25)30-20)31-15-10-6-8-13-7-4-5-9-14(13)15/h4-10,12,16-18,20,25-26H,11H2,1-3H3,(H,24,28)/t16-,17+,18-,20-,33?/m1/s1. The molecule has 12 heteroatoms. The lowest BCUT2D eigenvalue weighted by molar-refractivity contribution is -0.188. The van der Waals surface area contributed by atoms with Crippen molar-refractivity contribution in [2.75, 3.05) is 13.7 Å². The van der Waals surface area contributed by atoms with E-state index in [1.807, 2.05) is 0 Å². The van der Waals surface area contributed by atoms with Gasteiger partial charge in [-0.1, -0.05) is 50.2 Å². The Bertz CT molecular complexity index is 1030. The molecule has 1 fully saturated rings. The number of carbonyl (C=O) groups is 1. The second-order valence-electron chi connectivity index (χ2n) is 7.85. The summed E-state index contributed by atoms with van der Waals surface area (Å²) in [5.74, 6) is -5.29. The quantitative estimate of drug-likeness (QED) is 0.360. The molecule has 1 heterocycles. The predicted molar refractivity (Wildman–Crippen MR) is 114 cm³/mol. The Balaban J connectivity index is 2.00. The Kier molecular flexibility index (Phi) is 7.73. The SMILES string of the molecule is COC(=O)[C@@H](NP(=O)(Oc1cccc2ccccc12)O[C@H]1O[C@H](CO)[C@@H](O)C1(F)F)C(C)C. The summed E-state index contributed by atoms with van der Waals surface area (Å²) in [7, 11) is -3.65. The van der Waals surface area contributed by atoms with Gasteiger partial charge in [-0.3, -0.25) is 9.32 Å². The van der Waals surface area contributed by atoms with Gasteiger partial charge < -0.3 is 24.2 Å². The number of carbonyl (C=O) groups excluding carboxylic acids is 1. The Morgan fingerprint density at radius 1 is 1.24 bits per heavy atom. The molecule has 5 atom stereocenters. The first-order chi connectivity index (χ1) is 15.5. The second kappa shape index (κ2) is 10.0. The van der Waals surface area contributed by atoms with E-state index in [4.69, 9.17) is 18.5 Å². The number of fused-ring (bicyclic) bond motifs is 1. The number of benzene rings is 2. The average molecular weight is 489 g/mol. The summed E-state index contributed by atoms with van der Waals surface area (Å²) in [6.45, 7) is 2.31. The van der Waals surface area contributed by atoms with E-state index < -0.39 is 56.7 Å². The van der Waals surface area contributed by atoms with E-state index in [1.54, 1.807) is 50.2 Å². The summed E-state index contributed by atoms with van der Waals surface area (Å²) in [4.78, 5) is 12.2. The molecule has 182 valence electrons. The van der Waals surface area contributed by atoms with Crippen LogP contribution in [0.4, 0.5) is 8.78 Å². The summed E-state index contributed by atoms with van der Waals surface area (Å²) in [6, 6.07) is 10.5. The van der Waals surface area contributed by atoms with Gasteiger partial charge in [-0.15, -0.1) is 0 Å². The van der Waals surface area contributed by atoms with Crippen molar-refractivity contribution in [1.82, 2.24) is 5.09 Å². The zero-order valence-electron chi connectivity index (χ0n) is 18.2. The molecule has 2 aromatic rings. The van der Waals surface area contributed by atoms with Crippen LogP contribution < -0.4 is 9.61 Å². The first-order valence-electron chi connectivity index (χ1n) is 10.2. The Hall–Kier alpha value is -2.14. The van der Waals surface area contributed by atoms with E-state index in [1.165, 1.54) is 6.07 Å². The van der Waals surface area contributed by atoms with Crippen molar-refractivity contribution in [3.8, 4) is 5.75 Å². The molecule has 1 aliphatic rings. The highest BCUT2D eigenvalue weighted by Gasteiger charge is 2.61. The summed E-state index contributed by atoms with van der Waals surface area (Å²) in [5, 5.41) is 22.6. The monoisotopic (exact) mass is 489 g/mol. The molecule has 0 amide bonds. The number of hydrogen-bond donors (Lipinski definition) is 3. The third-order valence-electron chi connectivity index (χ3n) is 5.16. The van der Waals surface area contributed by atoms with Gasteiger partial charge in [0.25, 0.3) is 0 Å². The maximum absolute atomic E-state index is 14.6. The molecular weight excluding hydrogens is 463 g/mol. The van der Waals surface area contributed by atoms with Crippen LogP contribution in [-0.4, -0.2) is 60.4 Å². The summed E-state index contributed by atoms with van der Waals surface area (Å²) < 4.78 is 63.3. The van der Waals surface area contributed by atoms with E-state index in [0.29, 0.717) is 10.8 Å². The van der Waals surface area contributed by atoms with Crippen molar-refractivity contribution in [1.29, 1.82) is 0 Å². The maximum Gasteiger partial charge on any atom is 0.462 e. The number of aliphatic hydroxyl groups is 2. The summed E-state index contributed by atoms with van der Waals surface area (Å²) in [6.07, 6.45) is -6.60. The highest BCUT2D eigenvalue weighted by molar-refractivity contribution is 7.52. The van der Waals surface area contributed by atoms with Crippen LogP contribution in [0.1, 0.15) is 13.8 Å². The summed E-state index contributed by atoms with van der Waals surface area (Å²) >= 11 is 0. The minimum atomic E-state index is -4.76. The van der Waals surface area contributed by atoms with Crippen molar-refractivity contribution >= 4 is 24.5 Å². The van der Waals surface area contributed by atoms with Crippen molar-refractivity contribution < 1.29 is 46.9 Å². The molecule has 0 radical (unpaired) electrons. The second-order valence-corrected chi connectivity index (χ2v) is 9.50. The molecule has 3 rings (SSSR count). The Labute approximate surface area is 189 Å². The zero-order chi connectivity index (χ0) is 24.4. The molecule has 33 heavy (non-hydrogen) atoms. The molecule has 0 bridgehead atoms. The number of methoxy groups -OCH3 is 1. The lowest BCUT2D eigenvalue weighted by atomic mass is 10.1. The van der Waals surface area contributed by atoms with Crippen LogP contribution in [0.2, 0.25) is 0 Å². The number of aliphatic hydroxyl groups excluding tert-OH is 2. The number of nitrogens with one attached hydrogen (secondary N) is 1. The third-order valence-corrected chi connectivity index (χ3v) is 6.66. The molecule has 9 nitrogen and oxygen atoms in total. The smallest absolute Gasteiger partial charge is 0.462 e. The molecule has 2 aromatic carbocycles. The highest BCUT2D eigenvalue weighted by Crippen LogP contribution is 2.52. The number of esters is 1. The number of halogens is 2. The molecule has 1 aliphatic heterocycles. The van der Waals surface area contributed by atoms with Gasteiger partial charge in [0, 0.05) is 5.39 Å². The van der Waals surface area contributed by atoms with Gasteiger partial charge in [0.1, 0.15) is 17.9 Å². The highest BCUT2D eigenvalue weighted by atomic mass is 31.2. The van der Waals surface area contributed by atoms with E-state index in [0.717, 1.165) is 7.11 Å². The van der Waals surface area contributed by atoms with Crippen LogP contribution in [-0.2, 0) is 23.4 Å². The zero-order valence-corrected chi connectivity index (χ0v) is 19.1. The molecule has 1 saturated heterocycles. The number of alkyl halides is 2. The maximum atomic E-state index is 14.6. The first kappa shape index (κ1) is 25.5. The van der Waals surface area contributed by atoms with Crippen molar-refractivity contribution in [2.24, 2.45) is 5.92 Å². The Morgan fingerprint density at radius 2 is 1.91 bits per heavy atom. The molecular formula is C21H26F2NO8P. The number of rotatable bonds is 9. The molecule has 0 spiro atoms. The van der Waals surface area contributed by atoms with Gasteiger partial charge in [-0.2, -0.15) is 13.9 Å². The normalized spacial score (nSPS) is 25.0. The molecule has 0 aromatic heterocycles. The minimum Gasteiger partial charge on any atom is -0.468 e. The van der Waals surface area contributed by atoms with E-state index in [-0.39, 0.29) is 5.75 Å². The van der Waals surface area contributed by atoms with Gasteiger partial charge in [-0.05, 0) is 17.4 Å². The van der Waals surface area contributed by atoms with Crippen molar-refractivity contribution in [3.05, 3.63) is 42.5 Å². The molecule has 0 aliphatic carbocycles. The van der Waals surface area contributed by atoms with Crippen LogP contribution >= 0.6 is 7.75 Å². The fourth-order valence-electron chi connectivity index (χ4n) is 3.33. The summed E-state index contributed by atoms with van der Waals surface area (Å²) in [5.41, 5.74) is 0. The lowest BCUT2D eigenvalue weighted by Crippen LogP contribution is -2.44. The predicted octanol–water partition coefficient (Wildman–Crippen LogP) is 2.84.